The van der Waals surface area contributed by atoms with E-state index >= 15 is 0 Å². The summed E-state index contributed by atoms with van der Waals surface area (Å²) in [6.45, 7) is 6.83. The first kappa shape index (κ1) is 19.2. The molecular weight excluding hydrogens is 308 g/mol. The molecule has 124 valence electrons. The lowest BCUT2D eigenvalue weighted by atomic mass is 9.99. The average molecular weight is 333 g/mol. The monoisotopic (exact) mass is 332 g/mol. The number of halogens is 1. The van der Waals surface area contributed by atoms with Crippen molar-refractivity contribution in [3.8, 4) is 0 Å². The fourth-order valence-electron chi connectivity index (χ4n) is 2.33. The first-order valence-corrected chi connectivity index (χ1v) is 7.71. The summed E-state index contributed by atoms with van der Waals surface area (Å²) in [6.07, 6.45) is 0. The van der Waals surface area contributed by atoms with Gasteiger partial charge in [-0.2, -0.15) is 0 Å². The summed E-state index contributed by atoms with van der Waals surface area (Å²) in [5.41, 5.74) is 9.66. The number of carbonyl (C=O) groups is 1. The van der Waals surface area contributed by atoms with Crippen molar-refractivity contribution in [1.82, 2.24) is 5.32 Å². The molecule has 0 spiro atoms. The van der Waals surface area contributed by atoms with Gasteiger partial charge in [-0.25, -0.2) is 0 Å². The van der Waals surface area contributed by atoms with Crippen LogP contribution in [0.25, 0.3) is 0 Å². The topological polar surface area (TPSA) is 55.1 Å². The number of nitrogens with one attached hydrogen (secondary N) is 1. The van der Waals surface area contributed by atoms with Gasteiger partial charge in [-0.15, -0.1) is 12.4 Å². The molecule has 1 atom stereocenters. The lowest BCUT2D eigenvalue weighted by molar-refractivity contribution is 0.0940. The third kappa shape index (κ3) is 5.08. The van der Waals surface area contributed by atoms with Crippen LogP contribution >= 0.6 is 12.4 Å². The van der Waals surface area contributed by atoms with E-state index in [4.69, 9.17) is 5.73 Å². The van der Waals surface area contributed by atoms with E-state index in [1.54, 1.807) is 0 Å². The lowest BCUT2D eigenvalue weighted by Gasteiger charge is -2.15. The quantitative estimate of drug-likeness (QED) is 0.862. The Balaban J connectivity index is 0.00000264. The van der Waals surface area contributed by atoms with Gasteiger partial charge in [0.2, 0.25) is 0 Å². The summed E-state index contributed by atoms with van der Waals surface area (Å²) in [5, 5.41) is 3.03. The van der Waals surface area contributed by atoms with Crippen LogP contribution in [0.4, 0.5) is 0 Å². The zero-order chi connectivity index (χ0) is 16.1. The van der Waals surface area contributed by atoms with Gasteiger partial charge in [0.1, 0.15) is 0 Å². The van der Waals surface area contributed by atoms with Crippen LogP contribution in [0.15, 0.2) is 48.5 Å². The molecule has 1 amide bonds. The van der Waals surface area contributed by atoms with E-state index in [1.165, 1.54) is 5.56 Å². The Morgan fingerprint density at radius 3 is 1.96 bits per heavy atom. The third-order valence-corrected chi connectivity index (χ3v) is 3.90. The predicted octanol–water partition coefficient (Wildman–Crippen LogP) is 4.18. The van der Waals surface area contributed by atoms with Gasteiger partial charge in [-0.05, 0) is 41.7 Å². The standard InChI is InChI=1S/C19H24N2O.ClH/c1-13(2)16-8-10-17(11-9-16)14(3)21-19(22)18-6-4-15(12-20)5-7-18;/h4-11,13-14H,12,20H2,1-3H3,(H,21,22);1H. The molecule has 0 radical (unpaired) electrons. The largest absolute Gasteiger partial charge is 0.346 e. The van der Waals surface area contributed by atoms with E-state index in [0.717, 1.165) is 11.1 Å². The SMILES string of the molecule is CC(C)c1ccc(C(C)NC(=O)c2ccc(CN)cc2)cc1.Cl. The van der Waals surface area contributed by atoms with Crippen LogP contribution in [0, 0.1) is 0 Å². The molecule has 23 heavy (non-hydrogen) atoms. The molecule has 2 rings (SSSR count). The van der Waals surface area contributed by atoms with Crippen LogP contribution < -0.4 is 11.1 Å². The molecule has 0 aromatic heterocycles. The Labute approximate surface area is 144 Å². The van der Waals surface area contributed by atoms with E-state index in [0.29, 0.717) is 18.0 Å². The minimum atomic E-state index is -0.0657. The molecular formula is C19H25ClN2O. The van der Waals surface area contributed by atoms with Crippen molar-refractivity contribution >= 4 is 18.3 Å². The van der Waals surface area contributed by atoms with Gasteiger partial charge in [-0.3, -0.25) is 4.79 Å². The van der Waals surface area contributed by atoms with Crippen LogP contribution in [-0.4, -0.2) is 5.91 Å². The molecule has 0 aliphatic heterocycles. The Kier molecular flexibility index (Phi) is 7.27. The van der Waals surface area contributed by atoms with Crippen molar-refractivity contribution < 1.29 is 4.79 Å². The second kappa shape index (κ2) is 8.70. The number of hydrogen-bond acceptors (Lipinski definition) is 2. The summed E-state index contributed by atoms with van der Waals surface area (Å²) in [4.78, 5) is 12.3. The van der Waals surface area contributed by atoms with Crippen LogP contribution in [-0.2, 0) is 6.54 Å². The normalized spacial score (nSPS) is 11.7. The Morgan fingerprint density at radius 1 is 0.957 bits per heavy atom. The minimum absolute atomic E-state index is 0. The van der Waals surface area contributed by atoms with Gasteiger partial charge in [0, 0.05) is 12.1 Å². The molecule has 3 nitrogen and oxygen atoms in total. The Hall–Kier alpha value is -1.84. The van der Waals surface area contributed by atoms with E-state index in [-0.39, 0.29) is 24.4 Å². The highest BCUT2D eigenvalue weighted by molar-refractivity contribution is 5.94. The maximum atomic E-state index is 12.3. The second-order valence-electron chi connectivity index (χ2n) is 5.92. The number of benzene rings is 2. The van der Waals surface area contributed by atoms with Gasteiger partial charge in [-0.1, -0.05) is 50.2 Å². The van der Waals surface area contributed by atoms with Crippen molar-refractivity contribution in [2.75, 3.05) is 0 Å². The molecule has 4 heteroatoms. The van der Waals surface area contributed by atoms with Gasteiger partial charge in [0.05, 0.1) is 6.04 Å². The molecule has 0 saturated heterocycles. The number of amides is 1. The van der Waals surface area contributed by atoms with Crippen molar-refractivity contribution in [3.05, 3.63) is 70.8 Å². The van der Waals surface area contributed by atoms with E-state index in [1.807, 2.05) is 31.2 Å². The minimum Gasteiger partial charge on any atom is -0.346 e. The molecule has 0 fully saturated rings. The summed E-state index contributed by atoms with van der Waals surface area (Å²) in [7, 11) is 0. The van der Waals surface area contributed by atoms with E-state index < -0.39 is 0 Å². The summed E-state index contributed by atoms with van der Waals surface area (Å²) >= 11 is 0. The fraction of sp³-hybridized carbons (Fsp3) is 0.316. The number of nitrogens with two attached hydrogens (primary N) is 1. The molecule has 1 unspecified atom stereocenters. The summed E-state index contributed by atoms with van der Waals surface area (Å²) in [5.74, 6) is 0.448. The van der Waals surface area contributed by atoms with Crippen LogP contribution in [0.3, 0.4) is 0 Å². The Bertz CT molecular complexity index is 621. The third-order valence-electron chi connectivity index (χ3n) is 3.90. The van der Waals surface area contributed by atoms with Crippen LogP contribution in [0.2, 0.25) is 0 Å². The predicted molar refractivity (Wildman–Crippen MR) is 98.0 cm³/mol. The second-order valence-corrected chi connectivity index (χ2v) is 5.92. The van der Waals surface area contributed by atoms with Crippen molar-refractivity contribution in [3.63, 3.8) is 0 Å². The fourth-order valence-corrected chi connectivity index (χ4v) is 2.33. The number of hydrogen-bond donors (Lipinski definition) is 2. The highest BCUT2D eigenvalue weighted by atomic mass is 35.5. The maximum Gasteiger partial charge on any atom is 0.251 e. The molecule has 0 saturated carbocycles. The summed E-state index contributed by atoms with van der Waals surface area (Å²) in [6, 6.07) is 15.8. The molecule has 0 bridgehead atoms. The Morgan fingerprint density at radius 2 is 1.48 bits per heavy atom. The van der Waals surface area contributed by atoms with Gasteiger partial charge in [0.15, 0.2) is 0 Å². The average Bonchev–Trinajstić information content (AvgIpc) is 2.54. The maximum absolute atomic E-state index is 12.3. The van der Waals surface area contributed by atoms with Gasteiger partial charge in [0.25, 0.3) is 5.91 Å². The highest BCUT2D eigenvalue weighted by Crippen LogP contribution is 2.19. The van der Waals surface area contributed by atoms with Crippen molar-refractivity contribution in [2.45, 2.75) is 39.3 Å². The van der Waals surface area contributed by atoms with Crippen LogP contribution in [0.5, 0.6) is 0 Å². The van der Waals surface area contributed by atoms with Gasteiger partial charge < -0.3 is 11.1 Å². The van der Waals surface area contributed by atoms with Crippen molar-refractivity contribution in [1.29, 1.82) is 0 Å². The van der Waals surface area contributed by atoms with Crippen LogP contribution in [0.1, 0.15) is 59.8 Å². The zero-order valence-electron chi connectivity index (χ0n) is 13.9. The van der Waals surface area contributed by atoms with Crippen molar-refractivity contribution in [2.24, 2.45) is 5.73 Å². The smallest absolute Gasteiger partial charge is 0.251 e. The first-order chi connectivity index (χ1) is 10.5. The highest BCUT2D eigenvalue weighted by Gasteiger charge is 2.11. The molecule has 0 aliphatic carbocycles. The van der Waals surface area contributed by atoms with Gasteiger partial charge >= 0.3 is 0 Å². The molecule has 3 N–H and O–H groups in total. The molecule has 2 aromatic carbocycles. The molecule has 0 aliphatic rings. The van der Waals surface area contributed by atoms with E-state index in [2.05, 4.69) is 43.4 Å². The van der Waals surface area contributed by atoms with E-state index in [9.17, 15) is 4.79 Å². The molecule has 2 aromatic rings. The number of rotatable bonds is 5. The first-order valence-electron chi connectivity index (χ1n) is 7.71. The summed E-state index contributed by atoms with van der Waals surface area (Å²) < 4.78 is 0. The lowest BCUT2D eigenvalue weighted by Crippen LogP contribution is -2.26. The zero-order valence-corrected chi connectivity index (χ0v) is 14.7. The molecule has 0 heterocycles. The number of carbonyl (C=O) groups excluding carboxylic acids is 1.